The molecule has 0 saturated carbocycles. The van der Waals surface area contributed by atoms with Crippen molar-refractivity contribution in [1.82, 2.24) is 4.90 Å². The van der Waals surface area contributed by atoms with Crippen molar-refractivity contribution in [2.75, 3.05) is 26.8 Å². The van der Waals surface area contributed by atoms with Crippen LogP contribution in [-0.2, 0) is 14.3 Å². The van der Waals surface area contributed by atoms with E-state index in [0.717, 1.165) is 0 Å². The van der Waals surface area contributed by atoms with Crippen LogP contribution >= 0.6 is 0 Å². The molecule has 6 nitrogen and oxygen atoms in total. The smallest absolute Gasteiger partial charge is 0.407 e. The Morgan fingerprint density at radius 3 is 2.69 bits per heavy atom. The third kappa shape index (κ3) is 2.85. The van der Waals surface area contributed by atoms with Crippen LogP contribution in [0.4, 0.5) is 4.79 Å². The second kappa shape index (κ2) is 5.69. The Morgan fingerprint density at radius 1 is 1.50 bits per heavy atom. The molecule has 1 aliphatic heterocycles. The maximum Gasteiger partial charge on any atom is 0.407 e. The number of ether oxygens (including phenoxy) is 2. The molecule has 0 spiro atoms. The minimum atomic E-state index is -0.982. The normalized spacial score (nSPS) is 25.2. The van der Waals surface area contributed by atoms with Gasteiger partial charge in [-0.15, -0.1) is 0 Å². The Kier molecular flexibility index (Phi) is 4.54. The van der Waals surface area contributed by atoms with Crippen LogP contribution in [-0.4, -0.2) is 55.0 Å². The molecule has 1 N–H and O–H groups in total. The summed E-state index contributed by atoms with van der Waals surface area (Å²) in [5.74, 6) is -0.667. The average molecular weight is 231 g/mol. The van der Waals surface area contributed by atoms with Crippen LogP contribution < -0.4 is 0 Å². The second-order valence-corrected chi connectivity index (χ2v) is 3.65. The molecule has 1 aliphatic rings. The van der Waals surface area contributed by atoms with Crippen molar-refractivity contribution in [3.8, 4) is 0 Å². The lowest BCUT2D eigenvalue weighted by Gasteiger charge is -2.34. The summed E-state index contributed by atoms with van der Waals surface area (Å²) in [5, 5.41) is 8.83. The van der Waals surface area contributed by atoms with Crippen molar-refractivity contribution < 1.29 is 24.2 Å². The number of likely N-dealkylation sites (tertiary alicyclic amines) is 1. The number of nitrogens with zero attached hydrogens (tertiary/aromatic N) is 1. The summed E-state index contributed by atoms with van der Waals surface area (Å²) in [7, 11) is 1.47. The topological polar surface area (TPSA) is 76.1 Å². The zero-order valence-electron chi connectivity index (χ0n) is 9.51. The first-order valence-corrected chi connectivity index (χ1v) is 5.27. The van der Waals surface area contributed by atoms with Crippen molar-refractivity contribution in [2.45, 2.75) is 19.4 Å². The van der Waals surface area contributed by atoms with Gasteiger partial charge in [0.1, 0.15) is 0 Å². The number of hydrogen-bond donors (Lipinski definition) is 1. The van der Waals surface area contributed by atoms with Crippen LogP contribution in [0.2, 0.25) is 0 Å². The number of rotatable bonds is 3. The molecule has 0 aromatic carbocycles. The van der Waals surface area contributed by atoms with Crippen molar-refractivity contribution in [3.63, 3.8) is 0 Å². The number of esters is 1. The maximum absolute atomic E-state index is 11.6. The molecule has 0 aromatic rings. The van der Waals surface area contributed by atoms with E-state index >= 15 is 0 Å². The Hall–Kier alpha value is -1.30. The van der Waals surface area contributed by atoms with E-state index < -0.39 is 12.2 Å². The van der Waals surface area contributed by atoms with Gasteiger partial charge in [-0.2, -0.15) is 0 Å². The summed E-state index contributed by atoms with van der Waals surface area (Å²) in [6.07, 6.45) is -0.947. The van der Waals surface area contributed by atoms with Gasteiger partial charge in [0.05, 0.1) is 25.2 Å². The summed E-state index contributed by atoms with van der Waals surface area (Å²) < 4.78 is 10.1. The minimum absolute atomic E-state index is 0.218. The van der Waals surface area contributed by atoms with Crippen LogP contribution in [0.3, 0.4) is 0 Å². The largest absolute Gasteiger partial charge is 0.466 e. The predicted molar refractivity (Wildman–Crippen MR) is 55.1 cm³/mol. The molecule has 1 amide bonds. The highest BCUT2D eigenvalue weighted by Crippen LogP contribution is 2.21. The number of carboxylic acid groups (broad SMARTS) is 1. The minimum Gasteiger partial charge on any atom is -0.466 e. The number of carbonyl (C=O) groups is 2. The van der Waals surface area contributed by atoms with Gasteiger partial charge in [-0.1, -0.05) is 0 Å². The fourth-order valence-corrected chi connectivity index (χ4v) is 1.85. The molecule has 0 bridgehead atoms. The van der Waals surface area contributed by atoms with Gasteiger partial charge < -0.3 is 19.5 Å². The van der Waals surface area contributed by atoms with E-state index in [1.807, 2.05) is 0 Å². The lowest BCUT2D eigenvalue weighted by Crippen LogP contribution is -2.49. The van der Waals surface area contributed by atoms with Gasteiger partial charge in [-0.05, 0) is 13.3 Å². The lowest BCUT2D eigenvalue weighted by molar-refractivity contribution is -0.156. The summed E-state index contributed by atoms with van der Waals surface area (Å²) in [4.78, 5) is 23.6. The van der Waals surface area contributed by atoms with Crippen LogP contribution in [0, 0.1) is 5.92 Å². The van der Waals surface area contributed by atoms with E-state index in [-0.39, 0.29) is 18.4 Å². The highest BCUT2D eigenvalue weighted by atomic mass is 16.5. The molecule has 92 valence electrons. The van der Waals surface area contributed by atoms with Crippen molar-refractivity contribution in [3.05, 3.63) is 0 Å². The van der Waals surface area contributed by atoms with Crippen LogP contribution in [0.15, 0.2) is 0 Å². The zero-order valence-corrected chi connectivity index (χ0v) is 9.51. The molecule has 0 aromatic heterocycles. The highest BCUT2D eigenvalue weighted by Gasteiger charge is 2.36. The average Bonchev–Trinajstić information content (AvgIpc) is 2.28. The van der Waals surface area contributed by atoms with E-state index in [1.165, 1.54) is 12.0 Å². The third-order valence-corrected chi connectivity index (χ3v) is 2.72. The lowest BCUT2D eigenvalue weighted by atomic mass is 9.94. The molecule has 1 rings (SSSR count). The summed E-state index contributed by atoms with van der Waals surface area (Å²) in [6, 6.07) is 0. The summed E-state index contributed by atoms with van der Waals surface area (Å²) >= 11 is 0. The Labute approximate surface area is 94.1 Å². The van der Waals surface area contributed by atoms with Crippen LogP contribution in [0.25, 0.3) is 0 Å². The molecule has 2 atom stereocenters. The molecule has 1 fully saturated rings. The molecular weight excluding hydrogens is 214 g/mol. The monoisotopic (exact) mass is 231 g/mol. The number of hydrogen-bond acceptors (Lipinski definition) is 4. The van der Waals surface area contributed by atoms with Gasteiger partial charge in [0.15, 0.2) is 0 Å². The molecule has 6 heteroatoms. The number of carbonyl (C=O) groups excluding carboxylic acids is 1. The first-order chi connectivity index (χ1) is 7.60. The molecule has 1 saturated heterocycles. The van der Waals surface area contributed by atoms with Gasteiger partial charge in [-0.3, -0.25) is 4.79 Å². The van der Waals surface area contributed by atoms with Gasteiger partial charge in [0.2, 0.25) is 0 Å². The molecule has 0 radical (unpaired) electrons. The fourth-order valence-electron chi connectivity index (χ4n) is 1.85. The number of amides is 1. The summed E-state index contributed by atoms with van der Waals surface area (Å²) in [5.41, 5.74) is 0. The third-order valence-electron chi connectivity index (χ3n) is 2.72. The van der Waals surface area contributed by atoms with Gasteiger partial charge in [-0.25, -0.2) is 4.79 Å². The fraction of sp³-hybridized carbons (Fsp3) is 0.800. The van der Waals surface area contributed by atoms with Crippen molar-refractivity contribution in [2.24, 2.45) is 5.92 Å². The van der Waals surface area contributed by atoms with Crippen LogP contribution in [0.5, 0.6) is 0 Å². The first kappa shape index (κ1) is 12.8. The molecular formula is C10H17NO5. The van der Waals surface area contributed by atoms with Gasteiger partial charge in [0, 0.05) is 13.7 Å². The quantitative estimate of drug-likeness (QED) is 0.718. The second-order valence-electron chi connectivity index (χ2n) is 3.65. The predicted octanol–water partition coefficient (Wildman–Crippen LogP) is 0.564. The van der Waals surface area contributed by atoms with Gasteiger partial charge in [0.25, 0.3) is 0 Å². The molecule has 16 heavy (non-hydrogen) atoms. The zero-order chi connectivity index (χ0) is 12.1. The van der Waals surface area contributed by atoms with Gasteiger partial charge >= 0.3 is 12.1 Å². The van der Waals surface area contributed by atoms with E-state index in [0.29, 0.717) is 19.6 Å². The Balaban J connectivity index is 2.61. The van der Waals surface area contributed by atoms with E-state index in [9.17, 15) is 9.59 Å². The standard InChI is InChI=1S/C10H17NO5/c1-3-16-9(12)7-4-5-11(10(13)14)6-8(7)15-2/h7-8H,3-6H2,1-2H3,(H,13,14). The van der Waals surface area contributed by atoms with Crippen molar-refractivity contribution >= 4 is 12.1 Å². The SMILES string of the molecule is CCOC(=O)C1CCN(C(=O)O)CC1OC. The van der Waals surface area contributed by atoms with E-state index in [2.05, 4.69) is 0 Å². The maximum atomic E-state index is 11.6. The van der Waals surface area contributed by atoms with Crippen LogP contribution in [0.1, 0.15) is 13.3 Å². The summed E-state index contributed by atoms with van der Waals surface area (Å²) in [6.45, 7) is 2.63. The van der Waals surface area contributed by atoms with E-state index in [1.54, 1.807) is 6.92 Å². The highest BCUT2D eigenvalue weighted by molar-refractivity contribution is 5.74. The number of methoxy groups -OCH3 is 1. The van der Waals surface area contributed by atoms with E-state index in [4.69, 9.17) is 14.6 Å². The molecule has 0 aliphatic carbocycles. The molecule has 2 unspecified atom stereocenters. The molecule has 1 heterocycles. The first-order valence-electron chi connectivity index (χ1n) is 5.27. The Bertz CT molecular complexity index is 268. The number of piperidine rings is 1. The Morgan fingerprint density at radius 2 is 2.19 bits per heavy atom. The van der Waals surface area contributed by atoms with Crippen molar-refractivity contribution in [1.29, 1.82) is 0 Å².